The molecule has 0 aliphatic heterocycles. The molecule has 0 unspecified atom stereocenters. The molecule has 13 N–H and O–H groups in total. The highest BCUT2D eigenvalue weighted by Gasteiger charge is 2.32. The van der Waals surface area contributed by atoms with Crippen molar-refractivity contribution in [3.05, 3.63) is 0 Å². The topological polar surface area (TPSA) is 278 Å². The number of unbranched alkanes of at least 4 members (excludes halogenated alkanes) is 1. The molecule has 3 amide bonds. The lowest BCUT2D eigenvalue weighted by atomic mass is 10.0. The van der Waals surface area contributed by atoms with Gasteiger partial charge in [-0.1, -0.05) is 21.3 Å². The number of aliphatic carboxylic acids is 2. The molecule has 0 fully saturated rings. The van der Waals surface area contributed by atoms with Crippen LogP contribution in [0.5, 0.6) is 0 Å². The van der Waals surface area contributed by atoms with Gasteiger partial charge in [0.2, 0.25) is 17.7 Å². The number of rotatable bonds is 18. The van der Waals surface area contributed by atoms with E-state index in [1.54, 1.807) is 13.8 Å². The van der Waals surface area contributed by atoms with E-state index in [0.29, 0.717) is 25.8 Å². The number of nitrogens with one attached hydrogen (secondary N) is 3. The molecule has 0 heterocycles. The van der Waals surface area contributed by atoms with Gasteiger partial charge in [0.15, 0.2) is 5.96 Å². The van der Waals surface area contributed by atoms with Crippen molar-refractivity contribution < 1.29 is 34.2 Å². The minimum atomic E-state index is -1.57. The molecule has 37 heavy (non-hydrogen) atoms. The molecule has 4 atom stereocenters. The molecule has 15 nitrogen and oxygen atoms in total. The van der Waals surface area contributed by atoms with E-state index < -0.39 is 66.2 Å². The number of carbonyl (C=O) groups excluding carboxylic acids is 3. The number of carbonyl (C=O) groups is 5. The molecule has 0 aromatic rings. The summed E-state index contributed by atoms with van der Waals surface area (Å²) in [5, 5.41) is 25.6. The first-order valence-corrected chi connectivity index (χ1v) is 11.7. The van der Waals surface area contributed by atoms with Crippen molar-refractivity contribution in [2.45, 2.75) is 84.0 Å². The molecular formula is C22H44N8O7. The SMILES string of the molecule is C.CC(C)[C@H](NC(=O)[C@H](CC(=O)O)NC(=O)[C@H](CCCCN)NC(=O)[C@@H](N)CCCN=C(N)N)C(=O)O. The van der Waals surface area contributed by atoms with Crippen LogP contribution < -0.4 is 38.9 Å². The average Bonchev–Trinajstić information content (AvgIpc) is 2.77. The van der Waals surface area contributed by atoms with Crippen LogP contribution in [0.1, 0.15) is 59.8 Å². The summed E-state index contributed by atoms with van der Waals surface area (Å²) in [4.78, 5) is 64.6. The lowest BCUT2D eigenvalue weighted by Crippen LogP contribution is -2.58. The van der Waals surface area contributed by atoms with Gasteiger partial charge < -0.3 is 49.1 Å². The average molecular weight is 533 g/mol. The summed E-state index contributed by atoms with van der Waals surface area (Å²) < 4.78 is 0. The quantitative estimate of drug-likeness (QED) is 0.0518. The molecule has 0 spiro atoms. The van der Waals surface area contributed by atoms with Gasteiger partial charge in [0.05, 0.1) is 12.5 Å². The monoisotopic (exact) mass is 532 g/mol. The van der Waals surface area contributed by atoms with E-state index in [-0.39, 0.29) is 32.8 Å². The number of guanidine groups is 1. The number of carboxylic acids is 2. The van der Waals surface area contributed by atoms with Crippen molar-refractivity contribution in [1.29, 1.82) is 0 Å². The van der Waals surface area contributed by atoms with E-state index in [1.807, 2.05) is 0 Å². The Balaban J connectivity index is 0. The molecular weight excluding hydrogens is 488 g/mol. The normalized spacial score (nSPS) is 13.8. The molecule has 0 rings (SSSR count). The Labute approximate surface area is 217 Å². The van der Waals surface area contributed by atoms with Crippen molar-refractivity contribution in [3.8, 4) is 0 Å². The molecule has 0 saturated heterocycles. The Morgan fingerprint density at radius 2 is 1.41 bits per heavy atom. The third-order valence-corrected chi connectivity index (χ3v) is 5.13. The van der Waals surface area contributed by atoms with Crippen LogP contribution in [-0.2, 0) is 24.0 Å². The van der Waals surface area contributed by atoms with Crippen LogP contribution in [0, 0.1) is 5.92 Å². The van der Waals surface area contributed by atoms with Crippen LogP contribution in [0.4, 0.5) is 0 Å². The molecule has 0 aromatic carbocycles. The van der Waals surface area contributed by atoms with E-state index >= 15 is 0 Å². The Morgan fingerprint density at radius 1 is 0.838 bits per heavy atom. The molecule has 214 valence electrons. The number of hydrogen-bond donors (Lipinski definition) is 9. The smallest absolute Gasteiger partial charge is 0.326 e. The third-order valence-electron chi connectivity index (χ3n) is 5.13. The Kier molecular flexibility index (Phi) is 18.1. The van der Waals surface area contributed by atoms with Crippen molar-refractivity contribution in [2.75, 3.05) is 13.1 Å². The Morgan fingerprint density at radius 3 is 1.89 bits per heavy atom. The van der Waals surface area contributed by atoms with Crippen molar-refractivity contribution in [2.24, 2.45) is 33.8 Å². The van der Waals surface area contributed by atoms with E-state index in [4.69, 9.17) is 22.9 Å². The van der Waals surface area contributed by atoms with E-state index in [1.165, 1.54) is 0 Å². The fraction of sp³-hybridized carbons (Fsp3) is 0.727. The second kappa shape index (κ2) is 18.8. The number of aliphatic imine (C=N–C) groups is 1. The molecule has 0 saturated carbocycles. The zero-order valence-electron chi connectivity index (χ0n) is 20.7. The van der Waals surface area contributed by atoms with Gasteiger partial charge in [-0.2, -0.15) is 0 Å². The van der Waals surface area contributed by atoms with E-state index in [0.717, 1.165) is 0 Å². The number of nitrogens with two attached hydrogens (primary N) is 4. The maximum absolute atomic E-state index is 12.9. The van der Waals surface area contributed by atoms with Crippen LogP contribution in [-0.4, -0.2) is 83.1 Å². The zero-order valence-corrected chi connectivity index (χ0v) is 20.7. The summed E-state index contributed by atoms with van der Waals surface area (Å²) in [6.45, 7) is 3.74. The summed E-state index contributed by atoms with van der Waals surface area (Å²) in [5.41, 5.74) is 21.9. The van der Waals surface area contributed by atoms with E-state index in [9.17, 15) is 34.2 Å². The number of amides is 3. The van der Waals surface area contributed by atoms with Gasteiger partial charge in [0.1, 0.15) is 18.1 Å². The summed E-state index contributed by atoms with van der Waals surface area (Å²) in [6, 6.07) is -4.96. The highest BCUT2D eigenvalue weighted by atomic mass is 16.4. The summed E-state index contributed by atoms with van der Waals surface area (Å²) in [7, 11) is 0. The largest absolute Gasteiger partial charge is 0.481 e. The van der Waals surface area contributed by atoms with Crippen LogP contribution in [0.25, 0.3) is 0 Å². The number of nitrogens with zero attached hydrogens (tertiary/aromatic N) is 1. The second-order valence-corrected chi connectivity index (χ2v) is 8.63. The number of hydrogen-bond acceptors (Lipinski definition) is 8. The molecule has 0 aliphatic carbocycles. The molecule has 0 aliphatic rings. The predicted molar refractivity (Wildman–Crippen MR) is 138 cm³/mol. The van der Waals surface area contributed by atoms with Crippen molar-refractivity contribution >= 4 is 35.6 Å². The van der Waals surface area contributed by atoms with Gasteiger partial charge in [-0.25, -0.2) is 4.79 Å². The predicted octanol–water partition coefficient (Wildman–Crippen LogP) is -2.20. The fourth-order valence-corrected chi connectivity index (χ4v) is 3.11. The highest BCUT2D eigenvalue weighted by Crippen LogP contribution is 2.07. The van der Waals surface area contributed by atoms with E-state index in [2.05, 4.69) is 20.9 Å². The minimum absolute atomic E-state index is 0. The van der Waals surface area contributed by atoms with Crippen LogP contribution in [0.2, 0.25) is 0 Å². The first kappa shape index (κ1) is 35.7. The van der Waals surface area contributed by atoms with Gasteiger partial charge >= 0.3 is 11.9 Å². The second-order valence-electron chi connectivity index (χ2n) is 8.63. The third kappa shape index (κ3) is 15.3. The Bertz CT molecular complexity index is 787. The van der Waals surface area contributed by atoms with Crippen LogP contribution >= 0.6 is 0 Å². The lowest BCUT2D eigenvalue weighted by Gasteiger charge is -2.25. The first-order chi connectivity index (χ1) is 16.8. The maximum atomic E-state index is 12.9. The number of carboxylic acid groups (broad SMARTS) is 2. The van der Waals surface area contributed by atoms with Crippen molar-refractivity contribution in [1.82, 2.24) is 16.0 Å². The summed E-state index contributed by atoms with van der Waals surface area (Å²) >= 11 is 0. The van der Waals surface area contributed by atoms with Crippen molar-refractivity contribution in [3.63, 3.8) is 0 Å². The molecule has 15 heteroatoms. The van der Waals surface area contributed by atoms with Gasteiger partial charge in [-0.05, 0) is 44.6 Å². The minimum Gasteiger partial charge on any atom is -0.481 e. The van der Waals surface area contributed by atoms with Gasteiger partial charge in [0, 0.05) is 6.54 Å². The van der Waals surface area contributed by atoms with Gasteiger partial charge in [0.25, 0.3) is 0 Å². The molecule has 0 aromatic heterocycles. The summed E-state index contributed by atoms with van der Waals surface area (Å²) in [6.07, 6.45) is 1.01. The maximum Gasteiger partial charge on any atom is 0.326 e. The van der Waals surface area contributed by atoms with Gasteiger partial charge in [-0.3, -0.25) is 24.2 Å². The van der Waals surface area contributed by atoms with Crippen LogP contribution in [0.15, 0.2) is 4.99 Å². The van der Waals surface area contributed by atoms with Gasteiger partial charge in [-0.15, -0.1) is 0 Å². The first-order valence-electron chi connectivity index (χ1n) is 11.7. The summed E-state index contributed by atoms with van der Waals surface area (Å²) in [5.74, 6) is -5.70. The van der Waals surface area contributed by atoms with Crippen LogP contribution in [0.3, 0.4) is 0 Å². The zero-order chi connectivity index (χ0) is 27.8. The molecule has 0 bridgehead atoms. The fourth-order valence-electron chi connectivity index (χ4n) is 3.11. The Hall–Kier alpha value is -3.46. The highest BCUT2D eigenvalue weighted by molar-refractivity contribution is 5.95. The molecule has 0 radical (unpaired) electrons. The standard InChI is InChI=1S/C21H40N8O7.CH4/c1-11(2)16(20(35)36)29-19(34)14(10-15(30)31)28-18(33)13(7-3-4-8-22)27-17(32)12(23)6-5-9-26-21(24)25;/h11-14,16H,3-10,22-23H2,1-2H3,(H,27,32)(H,28,33)(H,29,34)(H,30,31)(H,35,36)(H4,24,25,26);1H4/t12-,13-,14-,16-;/m0./s1. The lowest BCUT2D eigenvalue weighted by molar-refractivity contribution is -0.144.